The van der Waals surface area contributed by atoms with Crippen LogP contribution in [-0.2, 0) is 10.0 Å². The van der Waals surface area contributed by atoms with Crippen molar-refractivity contribution >= 4 is 33.7 Å². The zero-order chi connectivity index (χ0) is 17.6. The number of aromatic amines is 1. The number of hydrogen-bond acceptors (Lipinski definition) is 5. The quantitative estimate of drug-likeness (QED) is 0.700. The van der Waals surface area contributed by atoms with Gasteiger partial charge in [-0.1, -0.05) is 6.92 Å². The van der Waals surface area contributed by atoms with Crippen LogP contribution >= 0.6 is 0 Å². The van der Waals surface area contributed by atoms with Gasteiger partial charge < -0.3 is 14.7 Å². The second-order valence-corrected chi connectivity index (χ2v) is 8.54. The summed E-state index contributed by atoms with van der Waals surface area (Å²) in [5, 5.41) is 10.9. The van der Waals surface area contributed by atoms with Crippen molar-refractivity contribution in [3.8, 4) is 5.75 Å². The molecule has 7 nitrogen and oxygen atoms in total. The molecule has 0 bridgehead atoms. The third-order valence-electron chi connectivity index (χ3n) is 4.81. The third kappa shape index (κ3) is 3.07. The molecule has 3 N–H and O–H groups in total. The summed E-state index contributed by atoms with van der Waals surface area (Å²) in [5.74, 6) is 2.62. The Balaban J connectivity index is 1.57. The van der Waals surface area contributed by atoms with Crippen LogP contribution in [0.1, 0.15) is 31.7 Å². The van der Waals surface area contributed by atoms with Crippen molar-refractivity contribution < 1.29 is 18.1 Å². The largest absolute Gasteiger partial charge is 0.552 e. The fraction of sp³-hybridized carbons (Fsp3) is 0.438. The van der Waals surface area contributed by atoms with Crippen molar-refractivity contribution in [2.75, 3.05) is 5.75 Å². The smallest absolute Gasteiger partial charge is 0.531 e. The molecule has 0 amide bonds. The van der Waals surface area contributed by atoms with Crippen molar-refractivity contribution in [3.05, 3.63) is 30.0 Å². The van der Waals surface area contributed by atoms with E-state index in [-0.39, 0.29) is 17.7 Å². The molecule has 1 aliphatic heterocycles. The van der Waals surface area contributed by atoms with Gasteiger partial charge in [-0.05, 0) is 42.8 Å². The third-order valence-corrected chi connectivity index (χ3v) is 6.45. The lowest BCUT2D eigenvalue weighted by Gasteiger charge is -2.39. The number of pyridine rings is 1. The molecular weight excluding hydrogens is 341 g/mol. The summed E-state index contributed by atoms with van der Waals surface area (Å²) in [6, 6.07) is 1.89. The van der Waals surface area contributed by atoms with Crippen LogP contribution in [0.2, 0.25) is 0 Å². The van der Waals surface area contributed by atoms with Gasteiger partial charge in [0.15, 0.2) is 0 Å². The Kier molecular flexibility index (Phi) is 4.09. The lowest BCUT2D eigenvalue weighted by atomic mass is 9.68. The number of nitrogens with zero attached hydrogens (tertiary/aromatic N) is 1. The van der Waals surface area contributed by atoms with E-state index < -0.39 is 17.1 Å². The van der Waals surface area contributed by atoms with Crippen molar-refractivity contribution in [1.82, 2.24) is 14.7 Å². The first-order chi connectivity index (χ1) is 12.0. The van der Waals surface area contributed by atoms with E-state index in [0.29, 0.717) is 12.2 Å². The van der Waals surface area contributed by atoms with E-state index in [2.05, 4.69) is 14.7 Å². The lowest BCUT2D eigenvalue weighted by molar-refractivity contribution is 0.308. The second-order valence-electron chi connectivity index (χ2n) is 6.67. The highest BCUT2D eigenvalue weighted by atomic mass is 32.2. The molecule has 132 valence electrons. The first-order valence-electron chi connectivity index (χ1n) is 8.49. The molecule has 1 saturated carbocycles. The van der Waals surface area contributed by atoms with E-state index in [9.17, 15) is 13.4 Å². The molecule has 1 aliphatic carbocycles. The molecule has 4 rings (SSSR count). The van der Waals surface area contributed by atoms with Gasteiger partial charge in [-0.15, -0.1) is 0 Å². The minimum atomic E-state index is -3.20. The number of aromatic nitrogens is 2. The standard InChI is InChI=1S/C16H20BN3O4S/c1-2-5-25(22,23)20-11-6-10(7-11)13-8-17(21)24-14-9-19-16-12(15(13)14)3-4-18-16/h3-4,8-11,20-21H,2,5-7H2,1H3,(H,18,19)/t10-,11-. The summed E-state index contributed by atoms with van der Waals surface area (Å²) in [6.45, 7) is 1.85. The number of hydrogen-bond donors (Lipinski definition) is 3. The van der Waals surface area contributed by atoms with E-state index in [1.807, 2.05) is 19.2 Å². The zero-order valence-electron chi connectivity index (χ0n) is 13.9. The van der Waals surface area contributed by atoms with Crippen molar-refractivity contribution in [2.45, 2.75) is 32.2 Å². The van der Waals surface area contributed by atoms with Crippen LogP contribution in [-0.4, -0.2) is 42.3 Å². The summed E-state index contributed by atoms with van der Waals surface area (Å²) in [7, 11) is -4.20. The Morgan fingerprint density at radius 3 is 3.04 bits per heavy atom. The highest BCUT2D eigenvalue weighted by Crippen LogP contribution is 2.46. The Morgan fingerprint density at radius 2 is 2.28 bits per heavy atom. The highest BCUT2D eigenvalue weighted by molar-refractivity contribution is 7.89. The molecule has 0 radical (unpaired) electrons. The normalized spacial score (nSPS) is 23.0. The zero-order valence-corrected chi connectivity index (χ0v) is 14.7. The Bertz CT molecular complexity index is 934. The summed E-state index contributed by atoms with van der Waals surface area (Å²) in [5.41, 5.74) is 2.72. The molecule has 0 atom stereocenters. The van der Waals surface area contributed by atoms with Crippen LogP contribution in [0.25, 0.3) is 16.6 Å². The first-order valence-corrected chi connectivity index (χ1v) is 10.1. The molecule has 2 aromatic heterocycles. The van der Waals surface area contributed by atoms with Crippen LogP contribution in [0.15, 0.2) is 24.4 Å². The van der Waals surface area contributed by atoms with E-state index in [1.165, 1.54) is 0 Å². The fourth-order valence-electron chi connectivity index (χ4n) is 3.67. The predicted molar refractivity (Wildman–Crippen MR) is 96.4 cm³/mol. The lowest BCUT2D eigenvalue weighted by Crippen LogP contribution is -2.45. The number of sulfonamides is 1. The summed E-state index contributed by atoms with van der Waals surface area (Å²) in [6.07, 6.45) is 5.48. The topological polar surface area (TPSA) is 104 Å². The van der Waals surface area contributed by atoms with E-state index in [4.69, 9.17) is 4.65 Å². The van der Waals surface area contributed by atoms with Crippen molar-refractivity contribution in [2.24, 2.45) is 5.92 Å². The van der Waals surface area contributed by atoms with Gasteiger partial charge in [0, 0.05) is 23.2 Å². The van der Waals surface area contributed by atoms with Crippen LogP contribution in [0, 0.1) is 5.92 Å². The molecular formula is C16H20BN3O4S. The summed E-state index contributed by atoms with van der Waals surface area (Å²) < 4.78 is 32.1. The fourth-order valence-corrected chi connectivity index (χ4v) is 5.02. The van der Waals surface area contributed by atoms with Crippen molar-refractivity contribution in [1.29, 1.82) is 0 Å². The Hall–Kier alpha value is -1.84. The number of fused-ring (bicyclic) bond motifs is 3. The highest BCUT2D eigenvalue weighted by Gasteiger charge is 2.38. The molecule has 0 unspecified atom stereocenters. The number of nitrogens with one attached hydrogen (secondary N) is 2. The maximum absolute atomic E-state index is 11.9. The van der Waals surface area contributed by atoms with Crippen LogP contribution < -0.4 is 9.38 Å². The SMILES string of the molecule is CCCS(=O)(=O)N[C@H]1C[C@H](C2=CB(O)Oc3cnc4[nH]ccc4c32)C1. The van der Waals surface area contributed by atoms with Crippen molar-refractivity contribution in [3.63, 3.8) is 0 Å². The minimum Gasteiger partial charge on any atom is -0.531 e. The number of allylic oxidation sites excluding steroid dienone is 1. The Morgan fingerprint density at radius 1 is 1.48 bits per heavy atom. The maximum atomic E-state index is 11.9. The summed E-state index contributed by atoms with van der Waals surface area (Å²) in [4.78, 5) is 7.38. The minimum absolute atomic E-state index is 0.0468. The van der Waals surface area contributed by atoms with Crippen LogP contribution in [0.4, 0.5) is 0 Å². The second kappa shape index (κ2) is 6.15. The predicted octanol–water partition coefficient (Wildman–Crippen LogP) is 1.47. The van der Waals surface area contributed by atoms with Crippen LogP contribution in [0.5, 0.6) is 5.75 Å². The number of H-pyrrole nitrogens is 1. The van der Waals surface area contributed by atoms with E-state index >= 15 is 0 Å². The number of rotatable bonds is 5. The molecule has 3 heterocycles. The van der Waals surface area contributed by atoms with E-state index in [1.54, 1.807) is 12.2 Å². The Labute approximate surface area is 146 Å². The molecule has 2 aromatic rings. The molecule has 0 saturated heterocycles. The molecule has 1 fully saturated rings. The first kappa shape index (κ1) is 16.6. The molecule has 2 aliphatic rings. The van der Waals surface area contributed by atoms with Gasteiger partial charge in [0.05, 0.1) is 11.9 Å². The van der Waals surface area contributed by atoms with Crippen LogP contribution in [0.3, 0.4) is 0 Å². The monoisotopic (exact) mass is 361 g/mol. The van der Waals surface area contributed by atoms with Gasteiger partial charge in [0.1, 0.15) is 11.4 Å². The average Bonchev–Trinajstić information content (AvgIpc) is 2.98. The summed E-state index contributed by atoms with van der Waals surface area (Å²) >= 11 is 0. The van der Waals surface area contributed by atoms with Gasteiger partial charge in [-0.2, -0.15) is 0 Å². The average molecular weight is 361 g/mol. The van der Waals surface area contributed by atoms with E-state index in [0.717, 1.165) is 35.0 Å². The van der Waals surface area contributed by atoms with Gasteiger partial charge in [0.2, 0.25) is 10.0 Å². The molecule has 9 heteroatoms. The van der Waals surface area contributed by atoms with Gasteiger partial charge >= 0.3 is 7.12 Å². The molecule has 25 heavy (non-hydrogen) atoms. The van der Waals surface area contributed by atoms with Gasteiger partial charge in [-0.3, -0.25) is 0 Å². The maximum Gasteiger partial charge on any atom is 0.552 e. The van der Waals surface area contributed by atoms with Gasteiger partial charge in [0.25, 0.3) is 0 Å². The molecule has 0 spiro atoms. The van der Waals surface area contributed by atoms with Gasteiger partial charge in [-0.25, -0.2) is 18.1 Å². The molecule has 0 aromatic carbocycles.